The molecule has 1 aliphatic rings. The van der Waals surface area contributed by atoms with Crippen LogP contribution >= 0.6 is 0 Å². The van der Waals surface area contributed by atoms with Crippen molar-refractivity contribution >= 4 is 28.3 Å². The van der Waals surface area contributed by atoms with Crippen LogP contribution in [0.5, 0.6) is 17.2 Å². The summed E-state index contributed by atoms with van der Waals surface area (Å²) < 4.78 is 11.4. The summed E-state index contributed by atoms with van der Waals surface area (Å²) in [5.74, 6) is -2.24. The van der Waals surface area contributed by atoms with E-state index >= 15 is 0 Å². The molecule has 40 heavy (non-hydrogen) atoms. The van der Waals surface area contributed by atoms with Crippen LogP contribution in [0.15, 0.2) is 127 Å². The Hall–Kier alpha value is -5.36. The first-order valence-corrected chi connectivity index (χ1v) is 12.8. The van der Waals surface area contributed by atoms with E-state index in [0.717, 1.165) is 5.39 Å². The Labute approximate surface area is 230 Å². The third-order valence-electron chi connectivity index (χ3n) is 7.14. The molecule has 6 nitrogen and oxygen atoms in total. The summed E-state index contributed by atoms with van der Waals surface area (Å²) in [6, 6.07) is 34.5. The molecule has 6 heteroatoms. The van der Waals surface area contributed by atoms with Crippen LogP contribution in [0.4, 0.5) is 0 Å². The largest absolute Gasteiger partial charge is 0.510 e. The molecule has 6 rings (SSSR count). The number of esters is 2. The topological polar surface area (TPSA) is 93.1 Å². The Kier molecular flexibility index (Phi) is 6.28. The normalized spacial score (nSPS) is 13.9. The van der Waals surface area contributed by atoms with Gasteiger partial charge >= 0.3 is 11.9 Å². The molecule has 0 aliphatic heterocycles. The molecule has 5 aromatic rings. The summed E-state index contributed by atoms with van der Waals surface area (Å²) in [6.07, 6.45) is -0.207. The van der Waals surface area contributed by atoms with Crippen LogP contribution < -0.4 is 9.47 Å². The van der Waals surface area contributed by atoms with Gasteiger partial charge in [-0.15, -0.1) is 0 Å². The number of phenolic OH excluding ortho intramolecular Hbond substituents is 1. The van der Waals surface area contributed by atoms with Crippen molar-refractivity contribution in [2.45, 2.75) is 6.42 Å². The summed E-state index contributed by atoms with van der Waals surface area (Å²) in [5, 5.41) is 24.7. The minimum atomic E-state index is -2.27. The molecule has 0 saturated heterocycles. The van der Waals surface area contributed by atoms with Crippen molar-refractivity contribution in [3.05, 3.63) is 144 Å². The van der Waals surface area contributed by atoms with Crippen LogP contribution in [0.1, 0.15) is 16.7 Å². The highest BCUT2D eigenvalue weighted by molar-refractivity contribution is 6.11. The van der Waals surface area contributed by atoms with Crippen molar-refractivity contribution in [1.29, 1.82) is 0 Å². The molecule has 0 amide bonds. The summed E-state index contributed by atoms with van der Waals surface area (Å²) in [7, 11) is 0. The Balaban J connectivity index is 1.63. The first-order chi connectivity index (χ1) is 19.5. The van der Waals surface area contributed by atoms with Gasteiger partial charge in [-0.25, -0.2) is 9.59 Å². The number of hydrogen-bond acceptors (Lipinski definition) is 6. The van der Waals surface area contributed by atoms with Crippen LogP contribution in [0, 0.1) is 5.41 Å². The zero-order valence-electron chi connectivity index (χ0n) is 21.3. The van der Waals surface area contributed by atoms with E-state index < -0.39 is 23.1 Å². The molecular formula is C34H24O6. The van der Waals surface area contributed by atoms with E-state index in [1.165, 1.54) is 6.07 Å². The molecule has 0 unspecified atom stereocenters. The highest BCUT2D eigenvalue weighted by Crippen LogP contribution is 2.49. The fourth-order valence-electron chi connectivity index (χ4n) is 5.19. The molecule has 5 aromatic carbocycles. The molecule has 0 bridgehead atoms. The van der Waals surface area contributed by atoms with Gasteiger partial charge in [-0.05, 0) is 52.2 Å². The average molecular weight is 529 g/mol. The predicted molar refractivity (Wildman–Crippen MR) is 151 cm³/mol. The lowest BCUT2D eigenvalue weighted by Crippen LogP contribution is -2.49. The molecule has 1 aliphatic carbocycles. The monoisotopic (exact) mass is 528 g/mol. The van der Waals surface area contributed by atoms with Crippen LogP contribution in [-0.2, 0) is 16.0 Å². The van der Waals surface area contributed by atoms with E-state index in [1.807, 2.05) is 24.3 Å². The van der Waals surface area contributed by atoms with Gasteiger partial charge in [-0.1, -0.05) is 91.0 Å². The van der Waals surface area contributed by atoms with Crippen LogP contribution in [0.25, 0.3) is 16.3 Å². The summed E-state index contributed by atoms with van der Waals surface area (Å²) in [4.78, 5) is 28.2. The van der Waals surface area contributed by atoms with Gasteiger partial charge in [0.15, 0.2) is 0 Å². The maximum atomic E-state index is 14.1. The number of ether oxygens (including phenoxy) is 2. The number of benzene rings is 5. The predicted octanol–water partition coefficient (Wildman–Crippen LogP) is 6.62. The Morgan fingerprint density at radius 3 is 1.82 bits per heavy atom. The Bertz CT molecular complexity index is 1720. The number of carbonyl (C=O) groups is 2. The molecule has 0 fully saturated rings. The van der Waals surface area contributed by atoms with Gasteiger partial charge < -0.3 is 19.7 Å². The summed E-state index contributed by atoms with van der Waals surface area (Å²) in [6.45, 7) is 0. The van der Waals surface area contributed by atoms with E-state index in [9.17, 15) is 19.8 Å². The van der Waals surface area contributed by atoms with Crippen molar-refractivity contribution in [2.75, 3.05) is 0 Å². The Morgan fingerprint density at radius 1 is 0.625 bits per heavy atom. The fourth-order valence-corrected chi connectivity index (χ4v) is 5.19. The SMILES string of the molecule is O=C(Oc1ccccc1)C1(C(=O)Oc2ccccc2)Cc2ccccc2C(c2c(O)ccc3ccccc23)=C1O. The number of aliphatic hydroxyl groups excluding tert-OH is 1. The lowest BCUT2D eigenvalue weighted by atomic mass is 9.69. The van der Waals surface area contributed by atoms with E-state index in [4.69, 9.17) is 9.47 Å². The molecule has 0 atom stereocenters. The molecule has 0 aromatic heterocycles. The summed E-state index contributed by atoms with van der Waals surface area (Å²) in [5.41, 5.74) is -0.614. The highest BCUT2D eigenvalue weighted by Gasteiger charge is 2.57. The maximum Gasteiger partial charge on any atom is 0.337 e. The number of hydrogen-bond donors (Lipinski definition) is 2. The van der Waals surface area contributed by atoms with Gasteiger partial charge in [0.2, 0.25) is 5.41 Å². The van der Waals surface area contributed by atoms with Crippen molar-refractivity contribution in [3.63, 3.8) is 0 Å². The van der Waals surface area contributed by atoms with Gasteiger partial charge in [0.25, 0.3) is 0 Å². The number of para-hydroxylation sites is 2. The third-order valence-corrected chi connectivity index (χ3v) is 7.14. The van der Waals surface area contributed by atoms with E-state index in [-0.39, 0.29) is 29.2 Å². The van der Waals surface area contributed by atoms with Gasteiger partial charge in [-0.3, -0.25) is 0 Å². The van der Waals surface area contributed by atoms with Crippen molar-refractivity contribution in [3.8, 4) is 17.2 Å². The van der Waals surface area contributed by atoms with Gasteiger partial charge in [0, 0.05) is 17.6 Å². The zero-order chi connectivity index (χ0) is 27.7. The molecule has 2 N–H and O–H groups in total. The molecule has 0 spiro atoms. The molecular weight excluding hydrogens is 504 g/mol. The first kappa shape index (κ1) is 24.9. The second kappa shape index (κ2) is 10.1. The number of rotatable bonds is 5. The van der Waals surface area contributed by atoms with Crippen LogP contribution in [0.2, 0.25) is 0 Å². The number of aliphatic hydroxyl groups is 1. The molecule has 0 saturated carbocycles. The lowest BCUT2D eigenvalue weighted by Gasteiger charge is -2.35. The van der Waals surface area contributed by atoms with Gasteiger partial charge in [-0.2, -0.15) is 0 Å². The second-order valence-electron chi connectivity index (χ2n) is 9.55. The number of fused-ring (bicyclic) bond motifs is 2. The second-order valence-corrected chi connectivity index (χ2v) is 9.55. The van der Waals surface area contributed by atoms with Crippen molar-refractivity contribution in [1.82, 2.24) is 0 Å². The first-order valence-electron chi connectivity index (χ1n) is 12.8. The number of phenols is 1. The molecule has 0 heterocycles. The fraction of sp³-hybridized carbons (Fsp3) is 0.0588. The van der Waals surface area contributed by atoms with Crippen LogP contribution in [0.3, 0.4) is 0 Å². The maximum absolute atomic E-state index is 14.1. The summed E-state index contributed by atoms with van der Waals surface area (Å²) >= 11 is 0. The van der Waals surface area contributed by atoms with Crippen molar-refractivity contribution < 1.29 is 29.3 Å². The third kappa shape index (κ3) is 4.16. The van der Waals surface area contributed by atoms with E-state index in [1.54, 1.807) is 91.0 Å². The molecule has 0 radical (unpaired) electrons. The van der Waals surface area contributed by atoms with Gasteiger partial charge in [0.05, 0.1) is 0 Å². The smallest absolute Gasteiger partial charge is 0.337 e. The lowest BCUT2D eigenvalue weighted by molar-refractivity contribution is -0.160. The average Bonchev–Trinajstić information content (AvgIpc) is 2.98. The zero-order valence-corrected chi connectivity index (χ0v) is 21.3. The number of carbonyl (C=O) groups excluding carboxylic acids is 2. The van der Waals surface area contributed by atoms with Gasteiger partial charge in [0.1, 0.15) is 23.0 Å². The Morgan fingerprint density at radius 2 is 1.18 bits per heavy atom. The number of aromatic hydroxyl groups is 1. The van der Waals surface area contributed by atoms with E-state index in [0.29, 0.717) is 22.1 Å². The van der Waals surface area contributed by atoms with Crippen LogP contribution in [-0.4, -0.2) is 22.2 Å². The standard InChI is InChI=1S/C34H24O6/c35-28-20-19-22-11-7-9-17-26(22)29(28)30-27-18-10-8-12-23(27)21-34(31(30)36,32(37)39-24-13-3-1-4-14-24)33(38)40-25-15-5-2-6-16-25/h1-20,35-36H,21H2. The minimum Gasteiger partial charge on any atom is -0.510 e. The van der Waals surface area contributed by atoms with E-state index in [2.05, 4.69) is 0 Å². The highest BCUT2D eigenvalue weighted by atomic mass is 16.6. The minimum absolute atomic E-state index is 0.112. The quantitative estimate of drug-likeness (QED) is 0.151. The van der Waals surface area contributed by atoms with Crippen molar-refractivity contribution in [2.24, 2.45) is 5.41 Å². The molecule has 196 valence electrons.